The molecule has 1 aliphatic heterocycles. The molecule has 3 rings (SSSR count). The Labute approximate surface area is 88.2 Å². The van der Waals surface area contributed by atoms with Crippen molar-refractivity contribution in [3.8, 4) is 0 Å². The normalized spacial score (nSPS) is 37.3. The molecule has 2 heterocycles. The Morgan fingerprint density at radius 3 is 2.93 bits per heavy atom. The fourth-order valence-electron chi connectivity index (χ4n) is 2.62. The average molecular weight is 208 g/mol. The molecule has 0 radical (unpaired) electrons. The Morgan fingerprint density at radius 2 is 2.33 bits per heavy atom. The minimum Gasteiger partial charge on any atom is -0.318 e. The summed E-state index contributed by atoms with van der Waals surface area (Å²) in [7, 11) is 0. The molecule has 82 valence electrons. The van der Waals surface area contributed by atoms with E-state index in [0.717, 1.165) is 19.0 Å². The molecule has 3 N–H and O–H groups in total. The predicted molar refractivity (Wildman–Crippen MR) is 53.9 cm³/mol. The summed E-state index contributed by atoms with van der Waals surface area (Å²) in [5.41, 5.74) is 5.94. The van der Waals surface area contributed by atoms with Gasteiger partial charge in [0.1, 0.15) is 0 Å². The highest BCUT2D eigenvalue weighted by atomic mass is 15.5. The predicted octanol–water partition coefficient (Wildman–Crippen LogP) is -0.390. The molecule has 2 fully saturated rings. The summed E-state index contributed by atoms with van der Waals surface area (Å²) in [6, 6.07) is 1.28. The van der Waals surface area contributed by atoms with Crippen molar-refractivity contribution in [2.24, 2.45) is 5.73 Å². The van der Waals surface area contributed by atoms with E-state index in [-0.39, 0.29) is 0 Å². The minimum absolute atomic E-state index is 0.408. The smallest absolute Gasteiger partial charge is 0.195 e. The number of hydrogen-bond donors (Lipinski definition) is 2. The third-order valence-electron chi connectivity index (χ3n) is 3.50. The van der Waals surface area contributed by atoms with E-state index in [4.69, 9.17) is 5.73 Å². The number of nitrogens with zero attached hydrogens (tertiary/aromatic N) is 4. The average Bonchev–Trinajstić information content (AvgIpc) is 2.77. The van der Waals surface area contributed by atoms with Crippen molar-refractivity contribution >= 4 is 0 Å². The summed E-state index contributed by atoms with van der Waals surface area (Å²) in [4.78, 5) is 2.48. The van der Waals surface area contributed by atoms with Crippen molar-refractivity contribution < 1.29 is 0 Å². The monoisotopic (exact) mass is 208 g/mol. The van der Waals surface area contributed by atoms with E-state index in [2.05, 4.69) is 32.4 Å². The second-order valence-corrected chi connectivity index (χ2v) is 4.85. The zero-order valence-corrected chi connectivity index (χ0v) is 8.85. The lowest BCUT2D eigenvalue weighted by Crippen LogP contribution is -2.41. The number of H-pyrrole nitrogens is 1. The fraction of sp³-hybridized carbons (Fsp3) is 0.889. The molecule has 0 bridgehead atoms. The van der Waals surface area contributed by atoms with Crippen molar-refractivity contribution in [1.82, 2.24) is 25.5 Å². The van der Waals surface area contributed by atoms with Crippen LogP contribution in [0.3, 0.4) is 0 Å². The molecule has 2 atom stereocenters. The van der Waals surface area contributed by atoms with Crippen LogP contribution in [-0.4, -0.2) is 44.2 Å². The Morgan fingerprint density at radius 1 is 1.53 bits per heavy atom. The zero-order chi connectivity index (χ0) is 10.5. The first-order chi connectivity index (χ1) is 7.19. The minimum atomic E-state index is -0.408. The number of tetrazole rings is 1. The summed E-state index contributed by atoms with van der Waals surface area (Å²) in [5, 5.41) is 14.1. The molecular formula is C9H16N6. The van der Waals surface area contributed by atoms with Gasteiger partial charge in [0, 0.05) is 18.6 Å². The van der Waals surface area contributed by atoms with Gasteiger partial charge in [-0.25, -0.2) is 0 Å². The van der Waals surface area contributed by atoms with Crippen LogP contribution in [0.2, 0.25) is 0 Å². The van der Waals surface area contributed by atoms with Crippen molar-refractivity contribution in [1.29, 1.82) is 0 Å². The van der Waals surface area contributed by atoms with Crippen molar-refractivity contribution in [2.45, 2.75) is 43.8 Å². The molecule has 1 saturated heterocycles. The topological polar surface area (TPSA) is 83.7 Å². The summed E-state index contributed by atoms with van der Waals surface area (Å²) >= 11 is 0. The number of hydrogen-bond acceptors (Lipinski definition) is 5. The van der Waals surface area contributed by atoms with Gasteiger partial charge in [-0.05, 0) is 26.2 Å². The van der Waals surface area contributed by atoms with E-state index in [1.807, 2.05) is 0 Å². The number of aromatic nitrogens is 4. The number of nitrogens with one attached hydrogen (secondary N) is 1. The van der Waals surface area contributed by atoms with E-state index in [0.29, 0.717) is 11.9 Å². The van der Waals surface area contributed by atoms with E-state index in [9.17, 15) is 0 Å². The molecule has 6 heteroatoms. The molecule has 6 nitrogen and oxygen atoms in total. The standard InChI is InChI=1S/C9H16N6/c1-6-4-9(10,8-11-13-14-12-8)5-15(6)7-2-3-7/h6-7H,2-5,10H2,1H3,(H,11,12,13,14). The van der Waals surface area contributed by atoms with Crippen LogP contribution in [-0.2, 0) is 5.54 Å². The van der Waals surface area contributed by atoms with Crippen LogP contribution < -0.4 is 5.73 Å². The van der Waals surface area contributed by atoms with Gasteiger partial charge in [-0.3, -0.25) is 4.90 Å². The molecule has 0 spiro atoms. The Bertz CT molecular complexity index is 345. The molecule has 2 aliphatic rings. The highest BCUT2D eigenvalue weighted by Gasteiger charge is 2.47. The number of rotatable bonds is 2. The number of likely N-dealkylation sites (tertiary alicyclic amines) is 1. The second-order valence-electron chi connectivity index (χ2n) is 4.85. The van der Waals surface area contributed by atoms with Gasteiger partial charge in [0.15, 0.2) is 5.82 Å². The molecule has 15 heavy (non-hydrogen) atoms. The molecule has 1 aromatic heterocycles. The van der Waals surface area contributed by atoms with Crippen molar-refractivity contribution in [3.05, 3.63) is 5.82 Å². The van der Waals surface area contributed by atoms with Gasteiger partial charge >= 0.3 is 0 Å². The van der Waals surface area contributed by atoms with Crippen LogP contribution in [0.25, 0.3) is 0 Å². The molecule has 1 aromatic rings. The molecule has 0 amide bonds. The lowest BCUT2D eigenvalue weighted by molar-refractivity contribution is 0.248. The second kappa shape index (κ2) is 2.99. The first kappa shape index (κ1) is 9.23. The highest BCUT2D eigenvalue weighted by molar-refractivity contribution is 5.11. The highest BCUT2D eigenvalue weighted by Crippen LogP contribution is 2.39. The summed E-state index contributed by atoms with van der Waals surface area (Å²) in [6.45, 7) is 3.09. The lowest BCUT2D eigenvalue weighted by atomic mass is 9.97. The van der Waals surface area contributed by atoms with Gasteiger partial charge < -0.3 is 5.73 Å². The number of aromatic amines is 1. The Balaban J connectivity index is 1.83. The molecule has 0 aromatic carbocycles. The van der Waals surface area contributed by atoms with Gasteiger partial charge in [-0.2, -0.15) is 5.21 Å². The SMILES string of the molecule is CC1CC(N)(c2nn[nH]n2)CN1C1CC1. The Hall–Kier alpha value is -1.01. The van der Waals surface area contributed by atoms with Crippen molar-refractivity contribution in [2.75, 3.05) is 6.54 Å². The maximum atomic E-state index is 6.34. The van der Waals surface area contributed by atoms with Gasteiger partial charge in [-0.15, -0.1) is 10.2 Å². The van der Waals surface area contributed by atoms with Crippen LogP contribution in [0.5, 0.6) is 0 Å². The van der Waals surface area contributed by atoms with Crippen LogP contribution in [0, 0.1) is 0 Å². The third kappa shape index (κ3) is 1.44. The van der Waals surface area contributed by atoms with Crippen LogP contribution in [0.1, 0.15) is 32.0 Å². The quantitative estimate of drug-likeness (QED) is 0.691. The molecule has 1 saturated carbocycles. The van der Waals surface area contributed by atoms with E-state index >= 15 is 0 Å². The summed E-state index contributed by atoms with van der Waals surface area (Å²) < 4.78 is 0. The van der Waals surface area contributed by atoms with Gasteiger partial charge in [0.2, 0.25) is 0 Å². The van der Waals surface area contributed by atoms with E-state index in [1.54, 1.807) is 0 Å². The fourth-order valence-corrected chi connectivity index (χ4v) is 2.62. The largest absolute Gasteiger partial charge is 0.318 e. The lowest BCUT2D eigenvalue weighted by Gasteiger charge is -2.21. The van der Waals surface area contributed by atoms with Crippen LogP contribution in [0.4, 0.5) is 0 Å². The van der Waals surface area contributed by atoms with Crippen molar-refractivity contribution in [3.63, 3.8) is 0 Å². The summed E-state index contributed by atoms with van der Waals surface area (Å²) in [6.07, 6.45) is 3.54. The van der Waals surface area contributed by atoms with Gasteiger partial charge in [0.25, 0.3) is 0 Å². The molecule has 1 aliphatic carbocycles. The van der Waals surface area contributed by atoms with Crippen LogP contribution >= 0.6 is 0 Å². The van der Waals surface area contributed by atoms with E-state index in [1.165, 1.54) is 12.8 Å². The van der Waals surface area contributed by atoms with Crippen LogP contribution in [0.15, 0.2) is 0 Å². The molecule has 2 unspecified atom stereocenters. The molecular weight excluding hydrogens is 192 g/mol. The Kier molecular flexibility index (Phi) is 1.84. The first-order valence-electron chi connectivity index (χ1n) is 5.47. The first-order valence-corrected chi connectivity index (χ1v) is 5.47. The third-order valence-corrected chi connectivity index (χ3v) is 3.50. The van der Waals surface area contributed by atoms with Gasteiger partial charge in [0.05, 0.1) is 5.54 Å². The maximum Gasteiger partial charge on any atom is 0.195 e. The van der Waals surface area contributed by atoms with Gasteiger partial charge in [-0.1, -0.05) is 5.21 Å². The zero-order valence-electron chi connectivity index (χ0n) is 8.85. The number of nitrogens with two attached hydrogens (primary N) is 1. The maximum absolute atomic E-state index is 6.34. The van der Waals surface area contributed by atoms with E-state index < -0.39 is 5.54 Å². The summed E-state index contributed by atoms with van der Waals surface area (Å²) in [5.74, 6) is 0.650.